The summed E-state index contributed by atoms with van der Waals surface area (Å²) < 4.78 is 79.0. The number of carboxylic acids is 1. The van der Waals surface area contributed by atoms with Gasteiger partial charge in [0.1, 0.15) is 5.82 Å². The summed E-state index contributed by atoms with van der Waals surface area (Å²) in [6.07, 6.45) is -1.57. The van der Waals surface area contributed by atoms with Crippen LogP contribution in [0.3, 0.4) is 0 Å². The number of nitrogens with zero attached hydrogens (tertiary/aromatic N) is 1. The van der Waals surface area contributed by atoms with Crippen molar-refractivity contribution in [2.45, 2.75) is 50.5 Å². The van der Waals surface area contributed by atoms with Gasteiger partial charge < -0.3 is 15.2 Å². The molecule has 2 fully saturated rings. The molecule has 1 aromatic heterocycles. The molecule has 0 aliphatic carbocycles. The van der Waals surface area contributed by atoms with Gasteiger partial charge in [-0.2, -0.15) is 24.5 Å². The number of ether oxygens (including phenoxy) is 1. The van der Waals surface area contributed by atoms with Gasteiger partial charge in [-0.15, -0.1) is 0 Å². The lowest BCUT2D eigenvalue weighted by Crippen LogP contribution is -2.40. The van der Waals surface area contributed by atoms with Crippen LogP contribution in [0.2, 0.25) is 0 Å². The van der Waals surface area contributed by atoms with Gasteiger partial charge in [-0.25, -0.2) is 22.8 Å². The van der Waals surface area contributed by atoms with Gasteiger partial charge in [0.15, 0.2) is 11.6 Å². The molecule has 2 aliphatic rings. The Balaban J connectivity index is 0.000000429. The summed E-state index contributed by atoms with van der Waals surface area (Å²) >= 11 is 1.34. The number of fused-ring (bicyclic) bond motifs is 2. The molecule has 2 atom stereocenters. The van der Waals surface area contributed by atoms with Crippen molar-refractivity contribution in [2.24, 2.45) is 5.92 Å². The second-order valence-corrected chi connectivity index (χ2v) is 9.02. The number of anilines is 1. The first-order valence-corrected chi connectivity index (χ1v) is 11.5. The lowest BCUT2D eigenvalue weighted by molar-refractivity contribution is -0.192. The van der Waals surface area contributed by atoms with E-state index in [1.807, 2.05) is 0 Å². The van der Waals surface area contributed by atoms with Crippen molar-refractivity contribution in [1.82, 2.24) is 5.32 Å². The number of carboxylic acid groups (broad SMARTS) is 1. The van der Waals surface area contributed by atoms with Crippen molar-refractivity contribution >= 4 is 29.1 Å². The first-order chi connectivity index (χ1) is 16.5. The highest BCUT2D eigenvalue weighted by molar-refractivity contribution is 7.08. The number of rotatable bonds is 5. The molecule has 1 aromatic carbocycles. The molecule has 0 spiro atoms. The maximum atomic E-state index is 14.1. The highest BCUT2D eigenvalue weighted by Gasteiger charge is 2.38. The number of halogens is 6. The lowest BCUT2D eigenvalue weighted by Gasteiger charge is -2.29. The highest BCUT2D eigenvalue weighted by Crippen LogP contribution is 2.31. The van der Waals surface area contributed by atoms with E-state index < -0.39 is 47.8 Å². The van der Waals surface area contributed by atoms with E-state index in [9.17, 15) is 31.1 Å². The van der Waals surface area contributed by atoms with Crippen LogP contribution in [-0.2, 0) is 16.1 Å². The van der Waals surface area contributed by atoms with Gasteiger partial charge in [0.25, 0.3) is 0 Å². The van der Waals surface area contributed by atoms with Crippen LogP contribution in [0.25, 0.3) is 0 Å². The molecular formula is C22H22F6N2O4S. The minimum Gasteiger partial charge on any atom is -0.475 e. The molecule has 6 nitrogen and oxygen atoms in total. The zero-order valence-electron chi connectivity index (χ0n) is 18.2. The van der Waals surface area contributed by atoms with E-state index >= 15 is 0 Å². The number of nitrogens with one attached hydrogen (secondary N) is 1. The van der Waals surface area contributed by atoms with Crippen molar-refractivity contribution in [1.29, 1.82) is 0 Å². The minimum atomic E-state index is -5.08. The van der Waals surface area contributed by atoms with Crippen molar-refractivity contribution < 1.29 is 45.8 Å². The van der Waals surface area contributed by atoms with Crippen molar-refractivity contribution in [2.75, 3.05) is 11.5 Å². The molecule has 192 valence electrons. The minimum absolute atomic E-state index is 0.266. The maximum Gasteiger partial charge on any atom is 0.490 e. The van der Waals surface area contributed by atoms with E-state index in [4.69, 9.17) is 14.6 Å². The van der Waals surface area contributed by atoms with Gasteiger partial charge >= 0.3 is 18.2 Å². The Morgan fingerprint density at radius 3 is 2.23 bits per heavy atom. The Morgan fingerprint density at radius 2 is 1.69 bits per heavy atom. The summed E-state index contributed by atoms with van der Waals surface area (Å²) in [6.45, 7) is -0.176. The summed E-state index contributed by atoms with van der Waals surface area (Å²) in [4.78, 5) is 22.8. The fourth-order valence-corrected chi connectivity index (χ4v) is 4.76. The molecule has 2 aromatic rings. The average molecular weight is 524 g/mol. The van der Waals surface area contributed by atoms with Crippen molar-refractivity contribution in [3.63, 3.8) is 0 Å². The van der Waals surface area contributed by atoms with E-state index in [1.54, 1.807) is 16.8 Å². The number of hydrogen-bond donors (Lipinski definition) is 2. The summed E-state index contributed by atoms with van der Waals surface area (Å²) in [7, 11) is 0. The van der Waals surface area contributed by atoms with Gasteiger partial charge in [-0.1, -0.05) is 0 Å². The molecule has 4 rings (SSSR count). The largest absolute Gasteiger partial charge is 0.490 e. The molecule has 35 heavy (non-hydrogen) atoms. The number of alkyl halides is 3. The molecule has 0 saturated carbocycles. The molecular weight excluding hydrogens is 502 g/mol. The van der Waals surface area contributed by atoms with Crippen LogP contribution >= 0.6 is 11.3 Å². The predicted molar refractivity (Wildman–Crippen MR) is 115 cm³/mol. The molecule has 2 unspecified atom stereocenters. The molecule has 13 heteroatoms. The van der Waals surface area contributed by atoms with Crippen molar-refractivity contribution in [3.05, 3.63) is 52.0 Å². The van der Waals surface area contributed by atoms with Gasteiger partial charge in [0.05, 0.1) is 18.8 Å². The summed E-state index contributed by atoms with van der Waals surface area (Å²) in [5, 5.41) is 14.1. The van der Waals surface area contributed by atoms with Gasteiger partial charge in [-0.05, 0) is 55.2 Å². The second-order valence-electron chi connectivity index (χ2n) is 8.24. The van der Waals surface area contributed by atoms with Gasteiger partial charge in [-0.3, -0.25) is 4.90 Å². The van der Waals surface area contributed by atoms with Crippen LogP contribution in [0.4, 0.5) is 36.8 Å². The molecule has 0 radical (unpaired) electrons. The highest BCUT2D eigenvalue weighted by atomic mass is 32.1. The summed E-state index contributed by atoms with van der Waals surface area (Å²) in [6, 6.07) is 4.20. The van der Waals surface area contributed by atoms with E-state index in [2.05, 4.69) is 5.32 Å². The summed E-state index contributed by atoms with van der Waals surface area (Å²) in [5.41, 5.74) is -0.0356. The van der Waals surface area contributed by atoms with Crippen LogP contribution in [0.1, 0.15) is 31.2 Å². The number of hydrogen-bond acceptors (Lipinski definition) is 5. The topological polar surface area (TPSA) is 78.9 Å². The first kappa shape index (κ1) is 26.8. The third-order valence-corrected chi connectivity index (χ3v) is 6.42. The average Bonchev–Trinajstić information content (AvgIpc) is 3.44. The number of thiophene rings is 1. The number of carbonyl (C=O) groups excluding carboxylic acids is 1. The quantitative estimate of drug-likeness (QED) is 0.401. The monoisotopic (exact) mass is 524 g/mol. The molecule has 2 aliphatic heterocycles. The fraction of sp³-hybridized carbons (Fsp3) is 0.455. The lowest BCUT2D eigenvalue weighted by atomic mass is 9.93. The smallest absolute Gasteiger partial charge is 0.475 e. The Morgan fingerprint density at radius 1 is 1.09 bits per heavy atom. The maximum absolute atomic E-state index is 14.1. The van der Waals surface area contributed by atoms with Gasteiger partial charge in [0, 0.05) is 23.0 Å². The van der Waals surface area contributed by atoms with E-state index in [0.717, 1.165) is 42.7 Å². The number of aliphatic carboxylic acids is 1. The molecule has 1 amide bonds. The molecule has 3 heterocycles. The Kier molecular flexibility index (Phi) is 8.65. The number of carbonyl (C=O) groups is 2. The number of benzene rings is 1. The van der Waals surface area contributed by atoms with E-state index in [0.29, 0.717) is 17.8 Å². The van der Waals surface area contributed by atoms with Crippen LogP contribution < -0.4 is 10.2 Å². The number of amides is 1. The molecule has 2 saturated heterocycles. The van der Waals surface area contributed by atoms with Crippen LogP contribution in [0.5, 0.6) is 0 Å². The predicted octanol–water partition coefficient (Wildman–Crippen LogP) is 5.47. The van der Waals surface area contributed by atoms with Gasteiger partial charge in [0.2, 0.25) is 0 Å². The SMILES string of the molecule is O=C(O)C(F)(F)F.O=C(OCC1CC2CCC(C1)N2)N(Cc1c(F)ccc(F)c1F)c1ccsc1. The Hall–Kier alpha value is -2.80. The van der Waals surface area contributed by atoms with Crippen LogP contribution in [-0.4, -0.2) is 42.0 Å². The molecule has 2 N–H and O–H groups in total. The van der Waals surface area contributed by atoms with E-state index in [1.165, 1.54) is 11.3 Å². The standard InChI is InChI=1S/C20H21F3N2O2S.C2HF3O2/c21-17-3-4-18(22)19(23)16(17)9-25(15-5-6-28-11-15)20(26)27-10-12-7-13-1-2-14(8-12)24-13;3-2(4,5)1(6)7/h3-6,11-14,24H,1-2,7-10H2;(H,6,7). The van der Waals surface area contributed by atoms with Crippen molar-refractivity contribution in [3.8, 4) is 0 Å². The van der Waals surface area contributed by atoms with Crippen LogP contribution in [0.15, 0.2) is 29.0 Å². The number of piperidine rings is 1. The van der Waals surface area contributed by atoms with Crippen LogP contribution in [0, 0.1) is 23.4 Å². The Labute approximate surface area is 200 Å². The third kappa shape index (κ3) is 7.10. The normalized spacial score (nSPS) is 21.1. The molecule has 2 bridgehead atoms. The second kappa shape index (κ2) is 11.3. The third-order valence-electron chi connectivity index (χ3n) is 5.75. The van der Waals surface area contributed by atoms with E-state index in [-0.39, 0.29) is 12.5 Å². The zero-order chi connectivity index (χ0) is 25.8. The zero-order valence-corrected chi connectivity index (χ0v) is 19.0. The first-order valence-electron chi connectivity index (χ1n) is 10.6. The fourth-order valence-electron chi connectivity index (χ4n) is 4.12. The Bertz CT molecular complexity index is 1020. The summed E-state index contributed by atoms with van der Waals surface area (Å²) in [5.74, 6) is -5.83.